The van der Waals surface area contributed by atoms with Crippen LogP contribution >= 0.6 is 0 Å². The van der Waals surface area contributed by atoms with E-state index in [9.17, 15) is 0 Å². The maximum absolute atomic E-state index is 5.45. The van der Waals surface area contributed by atoms with Crippen LogP contribution in [0.25, 0.3) is 0 Å². The predicted molar refractivity (Wildman–Crippen MR) is 48.2 cm³/mol. The van der Waals surface area contributed by atoms with Gasteiger partial charge >= 0.3 is 0 Å². The summed E-state index contributed by atoms with van der Waals surface area (Å²) >= 11 is 0. The predicted octanol–water partition coefficient (Wildman–Crippen LogP) is 1.83. The van der Waals surface area contributed by atoms with Crippen LogP contribution in [-0.4, -0.2) is 0 Å². The third-order valence-corrected chi connectivity index (χ3v) is 2.29. The van der Waals surface area contributed by atoms with Crippen LogP contribution in [-0.2, 0) is 0 Å². The molecular weight excluding hydrogens is 152 g/mol. The van der Waals surface area contributed by atoms with Crippen molar-refractivity contribution >= 4 is 0 Å². The molecule has 0 aromatic carbocycles. The minimum Gasteiger partial charge on any atom is -0.472 e. The Labute approximate surface area is 72.9 Å². The van der Waals surface area contributed by atoms with Gasteiger partial charge in [-0.2, -0.15) is 0 Å². The number of furan rings is 1. The van der Waals surface area contributed by atoms with Gasteiger partial charge in [-0.25, -0.2) is 0 Å². The van der Waals surface area contributed by atoms with Gasteiger partial charge < -0.3 is 4.42 Å². The van der Waals surface area contributed by atoms with E-state index in [1.165, 1.54) is 0 Å². The van der Waals surface area contributed by atoms with Gasteiger partial charge in [-0.1, -0.05) is 20.3 Å². The Morgan fingerprint density at radius 2 is 2.42 bits per heavy atom. The molecule has 3 heteroatoms. The lowest BCUT2D eigenvalue weighted by molar-refractivity contribution is 0.380. The summed E-state index contributed by atoms with van der Waals surface area (Å²) in [7, 11) is 0. The van der Waals surface area contributed by atoms with Gasteiger partial charge in [0.2, 0.25) is 0 Å². The number of hydrogen-bond acceptors (Lipinski definition) is 3. The highest BCUT2D eigenvalue weighted by Gasteiger charge is 2.16. The summed E-state index contributed by atoms with van der Waals surface area (Å²) in [4.78, 5) is 0. The second-order valence-electron chi connectivity index (χ2n) is 3.09. The van der Waals surface area contributed by atoms with E-state index in [1.54, 1.807) is 12.5 Å². The molecule has 0 aliphatic carbocycles. The molecule has 0 bridgehead atoms. The monoisotopic (exact) mass is 168 g/mol. The van der Waals surface area contributed by atoms with E-state index in [0.29, 0.717) is 5.92 Å². The van der Waals surface area contributed by atoms with E-state index < -0.39 is 0 Å². The molecule has 2 unspecified atom stereocenters. The van der Waals surface area contributed by atoms with Crippen molar-refractivity contribution in [3.63, 3.8) is 0 Å². The Kier molecular flexibility index (Phi) is 3.31. The molecule has 0 amide bonds. The first kappa shape index (κ1) is 9.29. The van der Waals surface area contributed by atoms with Gasteiger partial charge in [0.15, 0.2) is 0 Å². The van der Waals surface area contributed by atoms with Crippen molar-refractivity contribution in [2.45, 2.75) is 26.3 Å². The highest BCUT2D eigenvalue weighted by Crippen LogP contribution is 2.23. The zero-order valence-electron chi connectivity index (χ0n) is 7.58. The van der Waals surface area contributed by atoms with Crippen LogP contribution in [0.15, 0.2) is 23.0 Å². The van der Waals surface area contributed by atoms with Gasteiger partial charge in [-0.05, 0) is 12.0 Å². The molecular formula is C9H16N2O. The smallest absolute Gasteiger partial charge is 0.0950 e. The van der Waals surface area contributed by atoms with Crippen molar-refractivity contribution in [3.05, 3.63) is 24.2 Å². The number of nitrogens with two attached hydrogens (primary N) is 1. The lowest BCUT2D eigenvalue weighted by Gasteiger charge is -2.20. The molecule has 68 valence electrons. The molecule has 0 saturated carbocycles. The van der Waals surface area contributed by atoms with Gasteiger partial charge in [0.25, 0.3) is 0 Å². The van der Waals surface area contributed by atoms with Crippen LogP contribution in [0.5, 0.6) is 0 Å². The fourth-order valence-corrected chi connectivity index (χ4v) is 1.28. The first-order valence-corrected chi connectivity index (χ1v) is 4.27. The third-order valence-electron chi connectivity index (χ3n) is 2.29. The largest absolute Gasteiger partial charge is 0.472 e. The quantitative estimate of drug-likeness (QED) is 0.532. The molecule has 2 atom stereocenters. The second-order valence-corrected chi connectivity index (χ2v) is 3.09. The van der Waals surface area contributed by atoms with Gasteiger partial charge in [-0.3, -0.25) is 11.3 Å². The zero-order valence-corrected chi connectivity index (χ0v) is 7.58. The van der Waals surface area contributed by atoms with E-state index in [-0.39, 0.29) is 6.04 Å². The van der Waals surface area contributed by atoms with Crippen LogP contribution in [0.2, 0.25) is 0 Å². The lowest BCUT2D eigenvalue weighted by Crippen LogP contribution is -2.32. The molecule has 0 saturated heterocycles. The fourth-order valence-electron chi connectivity index (χ4n) is 1.28. The van der Waals surface area contributed by atoms with Crippen molar-refractivity contribution in [1.82, 2.24) is 5.43 Å². The molecule has 12 heavy (non-hydrogen) atoms. The molecule has 3 nitrogen and oxygen atoms in total. The topological polar surface area (TPSA) is 51.2 Å². The van der Waals surface area contributed by atoms with Crippen molar-refractivity contribution in [3.8, 4) is 0 Å². The Morgan fingerprint density at radius 3 is 2.83 bits per heavy atom. The van der Waals surface area contributed by atoms with E-state index in [1.807, 2.05) is 6.07 Å². The molecule has 3 N–H and O–H groups in total. The zero-order chi connectivity index (χ0) is 8.97. The summed E-state index contributed by atoms with van der Waals surface area (Å²) in [6, 6.07) is 2.14. The maximum Gasteiger partial charge on any atom is 0.0950 e. The Bertz CT molecular complexity index is 208. The van der Waals surface area contributed by atoms with Crippen LogP contribution in [0.4, 0.5) is 0 Å². The number of hydrogen-bond donors (Lipinski definition) is 2. The van der Waals surface area contributed by atoms with Crippen molar-refractivity contribution in [2.75, 3.05) is 0 Å². The van der Waals surface area contributed by atoms with Gasteiger partial charge in [-0.15, -0.1) is 0 Å². The molecule has 0 radical (unpaired) electrons. The van der Waals surface area contributed by atoms with Gasteiger partial charge in [0.05, 0.1) is 18.6 Å². The summed E-state index contributed by atoms with van der Waals surface area (Å²) in [5, 5.41) is 0. The highest BCUT2D eigenvalue weighted by atomic mass is 16.3. The van der Waals surface area contributed by atoms with Crippen LogP contribution < -0.4 is 11.3 Å². The molecule has 1 aromatic heterocycles. The molecule has 0 fully saturated rings. The second kappa shape index (κ2) is 4.28. The lowest BCUT2D eigenvalue weighted by atomic mass is 9.95. The first-order valence-electron chi connectivity index (χ1n) is 4.27. The SMILES string of the molecule is CCC(C)C(NN)c1ccoc1. The Balaban J connectivity index is 2.69. The summed E-state index contributed by atoms with van der Waals surface area (Å²) in [5.41, 5.74) is 3.91. The normalized spacial score (nSPS) is 15.9. The molecule has 1 heterocycles. The van der Waals surface area contributed by atoms with E-state index in [2.05, 4.69) is 19.3 Å². The first-order chi connectivity index (χ1) is 5.79. The number of rotatable bonds is 4. The van der Waals surface area contributed by atoms with Crippen LogP contribution in [0.3, 0.4) is 0 Å². The summed E-state index contributed by atoms with van der Waals surface area (Å²) in [6.45, 7) is 4.31. The van der Waals surface area contributed by atoms with Crippen LogP contribution in [0.1, 0.15) is 31.9 Å². The van der Waals surface area contributed by atoms with Gasteiger partial charge in [0, 0.05) is 5.56 Å². The Hall–Kier alpha value is -0.800. The van der Waals surface area contributed by atoms with Crippen molar-refractivity contribution in [1.29, 1.82) is 0 Å². The maximum atomic E-state index is 5.45. The third kappa shape index (κ3) is 1.87. The summed E-state index contributed by atoms with van der Waals surface area (Å²) in [5.74, 6) is 5.97. The average molecular weight is 168 g/mol. The molecule has 0 spiro atoms. The fraction of sp³-hybridized carbons (Fsp3) is 0.556. The van der Waals surface area contributed by atoms with E-state index in [0.717, 1.165) is 12.0 Å². The van der Waals surface area contributed by atoms with E-state index in [4.69, 9.17) is 10.3 Å². The van der Waals surface area contributed by atoms with E-state index >= 15 is 0 Å². The van der Waals surface area contributed by atoms with Crippen LogP contribution in [0, 0.1) is 5.92 Å². The standard InChI is InChI=1S/C9H16N2O/c1-3-7(2)9(11-10)8-4-5-12-6-8/h4-7,9,11H,3,10H2,1-2H3. The van der Waals surface area contributed by atoms with Gasteiger partial charge in [0.1, 0.15) is 0 Å². The van der Waals surface area contributed by atoms with Crippen molar-refractivity contribution in [2.24, 2.45) is 11.8 Å². The molecule has 0 aliphatic rings. The summed E-state index contributed by atoms with van der Waals surface area (Å²) in [6.07, 6.45) is 4.50. The minimum absolute atomic E-state index is 0.203. The summed E-state index contributed by atoms with van der Waals surface area (Å²) < 4.78 is 5.00. The molecule has 1 aromatic rings. The highest BCUT2D eigenvalue weighted by molar-refractivity contribution is 5.11. The van der Waals surface area contributed by atoms with Crippen molar-refractivity contribution < 1.29 is 4.42 Å². The molecule has 1 rings (SSSR count). The molecule has 0 aliphatic heterocycles. The Morgan fingerprint density at radius 1 is 1.67 bits per heavy atom. The number of hydrazine groups is 1. The number of nitrogens with one attached hydrogen (secondary N) is 1. The minimum atomic E-state index is 0.203. The average Bonchev–Trinajstić information content (AvgIpc) is 2.58.